The van der Waals surface area contributed by atoms with Crippen LogP contribution in [0.1, 0.15) is 51.2 Å². The number of benzene rings is 1. The third kappa shape index (κ3) is 7.69. The second-order valence-electron chi connectivity index (χ2n) is 9.79. The van der Waals surface area contributed by atoms with Gasteiger partial charge >= 0.3 is 18.2 Å². The Bertz CT molecular complexity index is 977. The molecule has 0 atom stereocenters. The molecule has 0 unspecified atom stereocenters. The normalized spacial score (nSPS) is 17.9. The minimum atomic E-state index is -1.07. The standard InChI is InChI=1S/C24H32N4O7/c1-23(2,3)34-21(32)26-25-15-18-6-4-17(5-7-18)14-19(29)27-11-8-24(9-12-27)10-13-28(16-20(30)31)22(33)35-24/h4-7,15H,8-14,16H2,1-3H3,(H,26,32)(H,30,31). The molecule has 1 spiro atoms. The molecule has 0 aromatic heterocycles. The number of hydrogen-bond donors (Lipinski definition) is 2. The monoisotopic (exact) mass is 488 g/mol. The number of nitrogens with one attached hydrogen (secondary N) is 1. The van der Waals surface area contributed by atoms with E-state index in [2.05, 4.69) is 10.5 Å². The minimum Gasteiger partial charge on any atom is -0.480 e. The van der Waals surface area contributed by atoms with Crippen LogP contribution in [0.5, 0.6) is 0 Å². The van der Waals surface area contributed by atoms with Gasteiger partial charge in [-0.2, -0.15) is 5.10 Å². The topological polar surface area (TPSA) is 138 Å². The summed E-state index contributed by atoms with van der Waals surface area (Å²) in [5, 5.41) is 12.8. The number of aliphatic carboxylic acids is 1. The smallest absolute Gasteiger partial charge is 0.428 e. The summed E-state index contributed by atoms with van der Waals surface area (Å²) < 4.78 is 10.7. The van der Waals surface area contributed by atoms with E-state index in [1.165, 1.54) is 11.1 Å². The zero-order valence-corrected chi connectivity index (χ0v) is 20.3. The van der Waals surface area contributed by atoms with E-state index in [1.54, 1.807) is 37.8 Å². The van der Waals surface area contributed by atoms with Gasteiger partial charge in [0.2, 0.25) is 5.91 Å². The fraction of sp³-hybridized carbons (Fsp3) is 0.542. The number of hydrogen-bond acceptors (Lipinski definition) is 7. The van der Waals surface area contributed by atoms with Crippen LogP contribution in [0.3, 0.4) is 0 Å². The Kier molecular flexibility index (Phi) is 7.98. The Morgan fingerprint density at radius 2 is 1.77 bits per heavy atom. The van der Waals surface area contributed by atoms with Gasteiger partial charge in [0, 0.05) is 38.9 Å². The maximum atomic E-state index is 12.8. The molecule has 2 N–H and O–H groups in total. The van der Waals surface area contributed by atoms with Crippen molar-refractivity contribution in [2.24, 2.45) is 5.10 Å². The molecule has 1 aromatic rings. The predicted molar refractivity (Wildman–Crippen MR) is 126 cm³/mol. The molecule has 190 valence electrons. The number of ether oxygens (including phenoxy) is 2. The zero-order valence-electron chi connectivity index (χ0n) is 20.3. The van der Waals surface area contributed by atoms with Crippen LogP contribution in [0.15, 0.2) is 29.4 Å². The number of carbonyl (C=O) groups is 4. The number of likely N-dealkylation sites (tertiary alicyclic amines) is 1. The molecule has 0 radical (unpaired) electrons. The van der Waals surface area contributed by atoms with E-state index in [9.17, 15) is 19.2 Å². The highest BCUT2D eigenvalue weighted by molar-refractivity contribution is 5.82. The van der Waals surface area contributed by atoms with Gasteiger partial charge in [-0.1, -0.05) is 24.3 Å². The molecule has 0 bridgehead atoms. The van der Waals surface area contributed by atoms with Crippen molar-refractivity contribution in [2.45, 2.75) is 57.7 Å². The fourth-order valence-corrected chi connectivity index (χ4v) is 4.02. The van der Waals surface area contributed by atoms with E-state index >= 15 is 0 Å². The Balaban J connectivity index is 1.45. The number of carbonyl (C=O) groups excluding carboxylic acids is 3. The molecular formula is C24H32N4O7. The third-order valence-electron chi connectivity index (χ3n) is 5.86. The highest BCUT2D eigenvalue weighted by atomic mass is 16.6. The molecule has 11 heteroatoms. The Morgan fingerprint density at radius 3 is 2.34 bits per heavy atom. The number of carboxylic acids is 1. The highest BCUT2D eigenvalue weighted by Gasteiger charge is 2.43. The minimum absolute atomic E-state index is 0.0116. The predicted octanol–water partition coefficient (Wildman–Crippen LogP) is 2.38. The summed E-state index contributed by atoms with van der Waals surface area (Å²) in [6.45, 7) is 6.21. The quantitative estimate of drug-likeness (QED) is 0.463. The molecule has 3 amide bonds. The van der Waals surface area contributed by atoms with Crippen LogP contribution in [0.2, 0.25) is 0 Å². The SMILES string of the molecule is CC(C)(C)OC(=O)NN=Cc1ccc(CC(=O)N2CCC3(CC2)CCN(CC(=O)O)C(=O)O3)cc1. The summed E-state index contributed by atoms with van der Waals surface area (Å²) >= 11 is 0. The van der Waals surface area contributed by atoms with E-state index in [0.717, 1.165) is 11.1 Å². The van der Waals surface area contributed by atoms with Gasteiger partial charge in [0.25, 0.3) is 0 Å². The molecule has 2 saturated heterocycles. The summed E-state index contributed by atoms with van der Waals surface area (Å²) in [6, 6.07) is 7.27. The Labute approximate surface area is 204 Å². The highest BCUT2D eigenvalue weighted by Crippen LogP contribution is 2.34. The molecule has 3 rings (SSSR count). The first kappa shape index (κ1) is 26.0. The number of nitrogens with zero attached hydrogens (tertiary/aromatic N) is 3. The third-order valence-corrected chi connectivity index (χ3v) is 5.86. The van der Waals surface area contributed by atoms with Crippen LogP contribution < -0.4 is 5.43 Å². The van der Waals surface area contributed by atoms with Crippen molar-refractivity contribution in [3.05, 3.63) is 35.4 Å². The van der Waals surface area contributed by atoms with Crippen molar-refractivity contribution in [2.75, 3.05) is 26.2 Å². The van der Waals surface area contributed by atoms with Crippen molar-refractivity contribution in [3.63, 3.8) is 0 Å². The molecule has 35 heavy (non-hydrogen) atoms. The van der Waals surface area contributed by atoms with Crippen molar-refractivity contribution in [3.8, 4) is 0 Å². The fourth-order valence-electron chi connectivity index (χ4n) is 4.02. The van der Waals surface area contributed by atoms with Gasteiger partial charge in [-0.3, -0.25) is 14.5 Å². The lowest BCUT2D eigenvalue weighted by molar-refractivity contribution is -0.143. The Hall–Kier alpha value is -3.63. The second kappa shape index (κ2) is 10.7. The van der Waals surface area contributed by atoms with Crippen LogP contribution >= 0.6 is 0 Å². The lowest BCUT2D eigenvalue weighted by Gasteiger charge is -2.45. The molecule has 2 aliphatic rings. The molecule has 0 aliphatic carbocycles. The lowest BCUT2D eigenvalue weighted by Crippen LogP contribution is -2.56. The summed E-state index contributed by atoms with van der Waals surface area (Å²) in [6.07, 6.45) is 2.11. The number of rotatable bonds is 6. The van der Waals surface area contributed by atoms with Crippen LogP contribution in [0.25, 0.3) is 0 Å². The first-order chi connectivity index (χ1) is 16.4. The summed E-state index contributed by atoms with van der Waals surface area (Å²) in [5.74, 6) is -1.08. The van der Waals surface area contributed by atoms with Crippen molar-refractivity contribution in [1.82, 2.24) is 15.2 Å². The van der Waals surface area contributed by atoms with Gasteiger partial charge in [0.1, 0.15) is 17.7 Å². The molecular weight excluding hydrogens is 456 g/mol. The number of piperidine rings is 1. The van der Waals surface area contributed by atoms with Crippen molar-refractivity contribution >= 4 is 30.3 Å². The lowest BCUT2D eigenvalue weighted by atomic mass is 9.86. The van der Waals surface area contributed by atoms with Crippen LogP contribution in [0.4, 0.5) is 9.59 Å². The zero-order chi connectivity index (χ0) is 25.6. The molecule has 11 nitrogen and oxygen atoms in total. The van der Waals surface area contributed by atoms with Crippen LogP contribution in [-0.2, 0) is 25.5 Å². The van der Waals surface area contributed by atoms with E-state index in [1.807, 2.05) is 12.1 Å². The van der Waals surface area contributed by atoms with E-state index in [-0.39, 0.29) is 18.9 Å². The van der Waals surface area contributed by atoms with E-state index < -0.39 is 29.4 Å². The first-order valence-corrected chi connectivity index (χ1v) is 11.5. The molecule has 2 aliphatic heterocycles. The maximum absolute atomic E-state index is 12.8. The Morgan fingerprint density at radius 1 is 1.14 bits per heavy atom. The van der Waals surface area contributed by atoms with Gasteiger partial charge in [-0.05, 0) is 31.9 Å². The van der Waals surface area contributed by atoms with Gasteiger partial charge in [0.05, 0.1) is 12.6 Å². The summed E-state index contributed by atoms with van der Waals surface area (Å²) in [5.41, 5.74) is 2.68. The average Bonchev–Trinajstić information content (AvgIpc) is 2.76. The first-order valence-electron chi connectivity index (χ1n) is 11.5. The van der Waals surface area contributed by atoms with Crippen LogP contribution in [-0.4, -0.2) is 82.6 Å². The number of amides is 3. The maximum Gasteiger partial charge on any atom is 0.428 e. The summed E-state index contributed by atoms with van der Waals surface area (Å²) in [4.78, 5) is 50.4. The summed E-state index contributed by atoms with van der Waals surface area (Å²) in [7, 11) is 0. The van der Waals surface area contributed by atoms with Gasteiger partial charge in [-0.25, -0.2) is 15.0 Å². The number of carboxylic acid groups (broad SMARTS) is 1. The molecule has 0 saturated carbocycles. The van der Waals surface area contributed by atoms with E-state index in [4.69, 9.17) is 14.6 Å². The number of hydrazone groups is 1. The second-order valence-corrected chi connectivity index (χ2v) is 9.79. The van der Waals surface area contributed by atoms with Gasteiger partial charge < -0.3 is 19.5 Å². The van der Waals surface area contributed by atoms with Crippen molar-refractivity contribution < 1.29 is 33.8 Å². The molecule has 2 heterocycles. The molecule has 2 fully saturated rings. The van der Waals surface area contributed by atoms with Gasteiger partial charge in [-0.15, -0.1) is 0 Å². The van der Waals surface area contributed by atoms with Crippen molar-refractivity contribution in [1.29, 1.82) is 0 Å². The largest absolute Gasteiger partial charge is 0.480 e. The average molecular weight is 489 g/mol. The molecule has 1 aromatic carbocycles. The van der Waals surface area contributed by atoms with E-state index in [0.29, 0.717) is 38.9 Å². The van der Waals surface area contributed by atoms with Crippen LogP contribution in [0, 0.1) is 0 Å². The van der Waals surface area contributed by atoms with Gasteiger partial charge in [0.15, 0.2) is 0 Å².